The van der Waals surface area contributed by atoms with Crippen LogP contribution in [0, 0.1) is 27.7 Å². The number of ether oxygens (including phenoxy) is 1. The first-order valence-electron chi connectivity index (χ1n) is 10.5. The second-order valence-electron chi connectivity index (χ2n) is 8.08. The number of benzene rings is 3. The van der Waals surface area contributed by atoms with Crippen LogP contribution in [0.2, 0.25) is 0 Å². The van der Waals surface area contributed by atoms with Gasteiger partial charge < -0.3 is 10.1 Å². The molecule has 5 nitrogen and oxygen atoms in total. The minimum atomic E-state index is -0.379. The molecule has 0 atom stereocenters. The van der Waals surface area contributed by atoms with E-state index in [0.29, 0.717) is 17.0 Å². The number of hydrogen-bond donors (Lipinski definition) is 1. The zero-order chi connectivity index (χ0) is 23.0. The third kappa shape index (κ3) is 3.66. The third-order valence-corrected chi connectivity index (χ3v) is 5.93. The van der Waals surface area contributed by atoms with Crippen molar-refractivity contribution in [2.75, 3.05) is 17.3 Å². The maximum Gasteiger partial charge on any atom is 0.282 e. The molecule has 162 valence electrons. The largest absolute Gasteiger partial charge is 0.497 e. The Morgan fingerprint density at radius 1 is 0.812 bits per heavy atom. The second kappa shape index (κ2) is 8.35. The fourth-order valence-corrected chi connectivity index (χ4v) is 3.98. The van der Waals surface area contributed by atoms with Crippen LogP contribution in [0.15, 0.2) is 66.4 Å². The van der Waals surface area contributed by atoms with E-state index >= 15 is 0 Å². The molecule has 0 spiro atoms. The predicted octanol–water partition coefficient (Wildman–Crippen LogP) is 5.33. The highest BCUT2D eigenvalue weighted by atomic mass is 16.5. The summed E-state index contributed by atoms with van der Waals surface area (Å²) in [5, 5.41) is 3.29. The van der Waals surface area contributed by atoms with Crippen LogP contribution in [0.3, 0.4) is 0 Å². The van der Waals surface area contributed by atoms with E-state index < -0.39 is 0 Å². The topological polar surface area (TPSA) is 58.6 Å². The van der Waals surface area contributed by atoms with Gasteiger partial charge in [0, 0.05) is 5.69 Å². The summed E-state index contributed by atoms with van der Waals surface area (Å²) in [4.78, 5) is 28.4. The molecule has 3 aromatic rings. The van der Waals surface area contributed by atoms with Gasteiger partial charge in [0.15, 0.2) is 0 Å². The Morgan fingerprint density at radius 3 is 2.19 bits per heavy atom. The molecule has 0 saturated heterocycles. The molecule has 1 heterocycles. The summed E-state index contributed by atoms with van der Waals surface area (Å²) >= 11 is 0. The van der Waals surface area contributed by atoms with Crippen molar-refractivity contribution in [2.24, 2.45) is 0 Å². The molecule has 2 amide bonds. The van der Waals surface area contributed by atoms with E-state index in [2.05, 4.69) is 5.32 Å². The van der Waals surface area contributed by atoms with E-state index in [9.17, 15) is 9.59 Å². The molecule has 1 aliphatic rings. The highest BCUT2D eigenvalue weighted by Crippen LogP contribution is 2.36. The molecular formula is C27H26N2O3. The molecule has 0 saturated carbocycles. The second-order valence-corrected chi connectivity index (χ2v) is 8.08. The summed E-state index contributed by atoms with van der Waals surface area (Å²) in [5.74, 6) is -0.0693. The summed E-state index contributed by atoms with van der Waals surface area (Å²) in [6, 6.07) is 18.7. The number of nitrogens with zero attached hydrogens (tertiary/aromatic N) is 1. The fourth-order valence-electron chi connectivity index (χ4n) is 3.98. The SMILES string of the molecule is COc1ccc(N2C(=O)C(Nc3cccc(C)c3C)=C(c3ccc(C)cc3C)C2=O)cc1. The smallest absolute Gasteiger partial charge is 0.282 e. The number of imide groups is 1. The van der Waals surface area contributed by atoms with Crippen LogP contribution in [-0.4, -0.2) is 18.9 Å². The third-order valence-electron chi connectivity index (χ3n) is 5.93. The van der Waals surface area contributed by atoms with Crippen LogP contribution in [0.25, 0.3) is 5.57 Å². The van der Waals surface area contributed by atoms with Gasteiger partial charge in [-0.15, -0.1) is 0 Å². The fraction of sp³-hybridized carbons (Fsp3) is 0.185. The molecule has 1 N–H and O–H groups in total. The number of rotatable bonds is 5. The molecule has 0 aromatic heterocycles. The van der Waals surface area contributed by atoms with Gasteiger partial charge in [0.05, 0.1) is 18.4 Å². The van der Waals surface area contributed by atoms with Gasteiger partial charge in [0.25, 0.3) is 11.8 Å². The van der Waals surface area contributed by atoms with Crippen LogP contribution < -0.4 is 15.0 Å². The van der Waals surface area contributed by atoms with Gasteiger partial charge in [-0.1, -0.05) is 35.9 Å². The lowest BCUT2D eigenvalue weighted by molar-refractivity contribution is -0.120. The summed E-state index contributed by atoms with van der Waals surface area (Å²) in [7, 11) is 1.58. The summed E-state index contributed by atoms with van der Waals surface area (Å²) < 4.78 is 5.22. The lowest BCUT2D eigenvalue weighted by Gasteiger charge is -2.16. The van der Waals surface area contributed by atoms with Crippen molar-refractivity contribution in [3.8, 4) is 5.75 Å². The number of nitrogens with one attached hydrogen (secondary N) is 1. The van der Waals surface area contributed by atoms with E-state index in [1.54, 1.807) is 31.4 Å². The Balaban J connectivity index is 1.86. The number of carbonyl (C=O) groups excluding carboxylic acids is 2. The highest BCUT2D eigenvalue weighted by Gasteiger charge is 2.40. The molecular weight excluding hydrogens is 400 g/mol. The Labute approximate surface area is 188 Å². The van der Waals surface area contributed by atoms with Crippen LogP contribution in [0.1, 0.15) is 27.8 Å². The molecule has 0 unspecified atom stereocenters. The molecule has 0 radical (unpaired) electrons. The number of aryl methyl sites for hydroxylation is 3. The van der Waals surface area contributed by atoms with Crippen molar-refractivity contribution in [3.05, 3.63) is 94.2 Å². The predicted molar refractivity (Wildman–Crippen MR) is 128 cm³/mol. The van der Waals surface area contributed by atoms with Gasteiger partial charge in [-0.25, -0.2) is 4.90 Å². The van der Waals surface area contributed by atoms with Crippen LogP contribution in [0.5, 0.6) is 5.75 Å². The summed E-state index contributed by atoms with van der Waals surface area (Å²) in [6.07, 6.45) is 0. The molecule has 1 aliphatic heterocycles. The molecule has 0 fully saturated rings. The maximum atomic E-state index is 13.6. The Kier molecular flexibility index (Phi) is 5.57. The minimum absolute atomic E-state index is 0.284. The van der Waals surface area contributed by atoms with Crippen LogP contribution >= 0.6 is 0 Å². The number of carbonyl (C=O) groups is 2. The van der Waals surface area contributed by atoms with Gasteiger partial charge in [0.2, 0.25) is 0 Å². The van der Waals surface area contributed by atoms with E-state index in [-0.39, 0.29) is 17.5 Å². The van der Waals surface area contributed by atoms with Crippen molar-refractivity contribution in [1.29, 1.82) is 0 Å². The molecule has 5 heteroatoms. The van der Waals surface area contributed by atoms with E-state index in [1.165, 1.54) is 4.90 Å². The van der Waals surface area contributed by atoms with Gasteiger partial charge in [0.1, 0.15) is 11.4 Å². The lowest BCUT2D eigenvalue weighted by Crippen LogP contribution is -2.32. The van der Waals surface area contributed by atoms with Crippen molar-refractivity contribution in [2.45, 2.75) is 27.7 Å². The summed E-state index contributed by atoms with van der Waals surface area (Å²) in [5.41, 5.74) is 6.89. The van der Waals surface area contributed by atoms with Crippen molar-refractivity contribution >= 4 is 28.8 Å². The van der Waals surface area contributed by atoms with Crippen molar-refractivity contribution in [3.63, 3.8) is 0 Å². The zero-order valence-corrected chi connectivity index (χ0v) is 18.9. The van der Waals surface area contributed by atoms with Crippen LogP contribution in [0.4, 0.5) is 11.4 Å². The number of anilines is 2. The van der Waals surface area contributed by atoms with E-state index in [1.807, 2.05) is 64.1 Å². The number of methoxy groups -OCH3 is 1. The first-order chi connectivity index (χ1) is 15.3. The van der Waals surface area contributed by atoms with E-state index in [4.69, 9.17) is 4.74 Å². The van der Waals surface area contributed by atoms with Gasteiger partial charge in [-0.3, -0.25) is 9.59 Å². The lowest BCUT2D eigenvalue weighted by atomic mass is 9.97. The maximum absolute atomic E-state index is 13.6. The average molecular weight is 427 g/mol. The van der Waals surface area contributed by atoms with Gasteiger partial charge >= 0.3 is 0 Å². The minimum Gasteiger partial charge on any atom is -0.497 e. The molecule has 4 rings (SSSR count). The quantitative estimate of drug-likeness (QED) is 0.561. The average Bonchev–Trinajstić information content (AvgIpc) is 3.01. The van der Waals surface area contributed by atoms with Crippen molar-refractivity contribution < 1.29 is 14.3 Å². The normalized spacial score (nSPS) is 13.7. The number of amides is 2. The standard InChI is InChI=1S/C27H26N2O3/c1-16-9-14-22(18(3)15-16)24-25(28-23-8-6-7-17(2)19(23)4)27(31)29(26(24)30)20-10-12-21(32-5)13-11-20/h6-15,28H,1-5H3. The van der Waals surface area contributed by atoms with Crippen molar-refractivity contribution in [1.82, 2.24) is 0 Å². The monoisotopic (exact) mass is 426 g/mol. The Hall–Kier alpha value is -3.86. The van der Waals surface area contributed by atoms with Gasteiger partial charge in [-0.2, -0.15) is 0 Å². The van der Waals surface area contributed by atoms with Gasteiger partial charge in [-0.05, 0) is 80.3 Å². The first-order valence-corrected chi connectivity index (χ1v) is 10.5. The zero-order valence-electron chi connectivity index (χ0n) is 18.9. The molecule has 0 aliphatic carbocycles. The molecule has 3 aromatic carbocycles. The Morgan fingerprint density at radius 2 is 1.53 bits per heavy atom. The Bertz CT molecular complexity index is 1260. The highest BCUT2D eigenvalue weighted by molar-refractivity contribution is 6.46. The summed E-state index contributed by atoms with van der Waals surface area (Å²) in [6.45, 7) is 7.98. The van der Waals surface area contributed by atoms with Crippen LogP contribution in [-0.2, 0) is 9.59 Å². The first kappa shape index (κ1) is 21.4. The van der Waals surface area contributed by atoms with E-state index in [0.717, 1.165) is 33.5 Å². The molecule has 32 heavy (non-hydrogen) atoms. The number of hydrogen-bond acceptors (Lipinski definition) is 4. The molecule has 0 bridgehead atoms.